The molecule has 202 valence electrons. The van der Waals surface area contributed by atoms with E-state index in [1.807, 2.05) is 0 Å². The van der Waals surface area contributed by atoms with Gasteiger partial charge in [-0.2, -0.15) is 14.8 Å². The van der Waals surface area contributed by atoms with Gasteiger partial charge in [-0.15, -0.1) is 12.4 Å². The maximum absolute atomic E-state index is 8.74. The summed E-state index contributed by atoms with van der Waals surface area (Å²) in [4.78, 5) is 0. The van der Waals surface area contributed by atoms with Gasteiger partial charge >= 0.3 is 40.0 Å². The summed E-state index contributed by atoms with van der Waals surface area (Å²) >= 11 is 0. The first-order valence-corrected chi connectivity index (χ1v) is 11.8. The molecular weight excluding hydrogens is 493 g/mol. The zero-order valence-corrected chi connectivity index (χ0v) is 23.8. The molecule has 0 heterocycles. The molecule has 0 radical (unpaired) electrons. The molecule has 0 atom stereocenters. The maximum Gasteiger partial charge on any atom is 1.00 e. The summed E-state index contributed by atoms with van der Waals surface area (Å²) in [5, 5.41) is 49.0. The van der Waals surface area contributed by atoms with E-state index in [4.69, 9.17) is 53.9 Å². The Labute approximate surface area is 228 Å². The molecule has 0 saturated heterocycles. The molecule has 0 aliphatic heterocycles. The molecule has 11 nitrogen and oxygen atoms in total. The molecular formula is C19H47ClNNaO10S. The molecule has 33 heavy (non-hydrogen) atoms. The van der Waals surface area contributed by atoms with Gasteiger partial charge in [0.25, 0.3) is 0 Å². The van der Waals surface area contributed by atoms with E-state index in [9.17, 15) is 0 Å². The fraction of sp³-hybridized carbons (Fsp3) is 0.947. The van der Waals surface area contributed by atoms with E-state index in [1.54, 1.807) is 0 Å². The van der Waals surface area contributed by atoms with Gasteiger partial charge in [0.15, 0.2) is 0 Å². The Kier molecular flexibility index (Phi) is 50.0. The number of aliphatic hydroxyl groups is 6. The quantitative estimate of drug-likeness (QED) is 0.0485. The molecule has 0 aromatic rings. The molecule has 0 saturated carbocycles. The minimum atomic E-state index is -4.67. The molecule has 0 aromatic carbocycles. The molecule has 0 amide bonds. The summed E-state index contributed by atoms with van der Waals surface area (Å²) in [6, 6.07) is 0. The predicted octanol–water partition coefficient (Wildman–Crippen LogP) is -2.49. The number of hydrogen-bond donors (Lipinski definition) is 9. The topological polar surface area (TPSA) is 222 Å². The van der Waals surface area contributed by atoms with E-state index in [-0.39, 0.29) is 55.2 Å². The van der Waals surface area contributed by atoms with E-state index in [0.29, 0.717) is 0 Å². The number of halogens is 1. The average Bonchev–Trinajstić information content (AvgIpc) is 2.74. The normalized spacial score (nSPS) is 10.3. The fourth-order valence-electron chi connectivity index (χ4n) is 1.70. The largest absolute Gasteiger partial charge is 1.00 e. The van der Waals surface area contributed by atoms with Gasteiger partial charge in [-0.3, -0.25) is 9.11 Å². The summed E-state index contributed by atoms with van der Waals surface area (Å²) in [6.45, 7) is 4.18. The van der Waals surface area contributed by atoms with Crippen molar-refractivity contribution in [2.45, 2.75) is 82.8 Å². The summed E-state index contributed by atoms with van der Waals surface area (Å²) in [5.41, 5.74) is 3.94. The second-order valence-electron chi connectivity index (χ2n) is 6.99. The number of nitrogens with two attached hydrogens (primary N) is 1. The van der Waals surface area contributed by atoms with Crippen LogP contribution in [-0.4, -0.2) is 92.8 Å². The minimum absolute atomic E-state index is 0. The van der Waals surface area contributed by atoms with Crippen LogP contribution in [0.25, 0.3) is 0 Å². The molecule has 0 unspecified atom stereocenters. The predicted molar refractivity (Wildman–Crippen MR) is 127 cm³/mol. The van der Waals surface area contributed by atoms with Crippen LogP contribution >= 0.6 is 12.4 Å². The van der Waals surface area contributed by atoms with E-state index in [1.165, 1.54) is 57.8 Å². The number of aliphatic hydroxyl groups excluding tert-OH is 6. The van der Waals surface area contributed by atoms with Crippen LogP contribution in [0.4, 0.5) is 0 Å². The molecule has 0 bridgehead atoms. The van der Waals surface area contributed by atoms with Crippen molar-refractivity contribution in [2.75, 3.05) is 33.0 Å². The average molecular weight is 540 g/mol. The van der Waals surface area contributed by atoms with E-state index in [2.05, 4.69) is 13.8 Å². The second kappa shape index (κ2) is 35.0. The van der Waals surface area contributed by atoms with Gasteiger partial charge in [0.1, 0.15) is 6.10 Å². The van der Waals surface area contributed by atoms with Gasteiger partial charge in [-0.1, -0.05) is 64.7 Å². The van der Waals surface area contributed by atoms with Crippen LogP contribution in [0.3, 0.4) is 0 Å². The van der Waals surface area contributed by atoms with Crippen molar-refractivity contribution >= 4 is 22.8 Å². The van der Waals surface area contributed by atoms with Gasteiger partial charge in [0.05, 0.1) is 38.6 Å². The molecule has 14 heteroatoms. The Bertz CT molecular complexity index is 403. The summed E-state index contributed by atoms with van der Waals surface area (Å²) < 4.78 is 31.6. The van der Waals surface area contributed by atoms with E-state index >= 15 is 0 Å². The Morgan fingerprint density at radius 3 is 1.21 bits per heavy atom. The molecule has 0 fully saturated rings. The van der Waals surface area contributed by atoms with Crippen LogP contribution < -0.4 is 35.3 Å². The first kappa shape index (κ1) is 47.1. The van der Waals surface area contributed by atoms with Crippen LogP contribution in [0.15, 0.2) is 0 Å². The van der Waals surface area contributed by atoms with Gasteiger partial charge < -0.3 is 43.3 Å². The van der Waals surface area contributed by atoms with Gasteiger partial charge in [-0.05, 0) is 0 Å². The van der Waals surface area contributed by atoms with Crippen LogP contribution in [0, 0.1) is 6.92 Å². The third kappa shape index (κ3) is 59.9. The fourth-order valence-corrected chi connectivity index (χ4v) is 1.70. The molecule has 0 aliphatic carbocycles. The Balaban J connectivity index is -0.0000000764. The SMILES string of the molecule is Cl.NC(CO)(CO)CO.O=S(=O)(O)O.OCC(O)CO.[CH2-]CCCCCCCCCCC.[Na+]. The van der Waals surface area contributed by atoms with Crippen molar-refractivity contribution in [3.8, 4) is 0 Å². The van der Waals surface area contributed by atoms with Crippen molar-refractivity contribution in [1.82, 2.24) is 0 Å². The van der Waals surface area contributed by atoms with Crippen molar-refractivity contribution in [3.05, 3.63) is 6.92 Å². The molecule has 0 aromatic heterocycles. The third-order valence-electron chi connectivity index (χ3n) is 3.72. The maximum atomic E-state index is 8.74. The van der Waals surface area contributed by atoms with Gasteiger partial charge in [0, 0.05) is 0 Å². The van der Waals surface area contributed by atoms with E-state index in [0.717, 1.165) is 6.42 Å². The number of rotatable bonds is 14. The Morgan fingerprint density at radius 1 is 0.788 bits per heavy atom. The zero-order chi connectivity index (χ0) is 25.2. The summed E-state index contributed by atoms with van der Waals surface area (Å²) in [5.74, 6) is 0. The number of unbranched alkanes of at least 4 members (excludes halogenated alkanes) is 9. The van der Waals surface area contributed by atoms with Crippen LogP contribution in [0.1, 0.15) is 71.1 Å². The molecule has 10 N–H and O–H groups in total. The second-order valence-corrected chi connectivity index (χ2v) is 7.88. The van der Waals surface area contributed by atoms with E-state index < -0.39 is 41.9 Å². The van der Waals surface area contributed by atoms with Crippen molar-refractivity contribution < 1.29 is 77.7 Å². The monoisotopic (exact) mass is 539 g/mol. The first-order valence-electron chi connectivity index (χ1n) is 10.4. The van der Waals surface area contributed by atoms with Gasteiger partial charge in [0.2, 0.25) is 0 Å². The molecule has 0 rings (SSSR count). The Hall–Kier alpha value is 0.880. The Morgan fingerprint density at radius 2 is 1.06 bits per heavy atom. The van der Waals surface area contributed by atoms with Crippen molar-refractivity contribution in [1.29, 1.82) is 0 Å². The van der Waals surface area contributed by atoms with Crippen molar-refractivity contribution in [2.24, 2.45) is 5.73 Å². The van der Waals surface area contributed by atoms with Crippen LogP contribution in [0.5, 0.6) is 0 Å². The van der Waals surface area contributed by atoms with Crippen LogP contribution in [-0.2, 0) is 10.4 Å². The smallest absolute Gasteiger partial charge is 0.394 e. The van der Waals surface area contributed by atoms with Crippen molar-refractivity contribution in [3.63, 3.8) is 0 Å². The summed E-state index contributed by atoms with van der Waals surface area (Å²) in [6.07, 6.45) is 12.9. The van der Waals surface area contributed by atoms with Crippen LogP contribution in [0.2, 0.25) is 0 Å². The number of hydrogen-bond acceptors (Lipinski definition) is 9. The van der Waals surface area contributed by atoms with Gasteiger partial charge in [-0.25, -0.2) is 0 Å². The first-order chi connectivity index (χ1) is 14.4. The zero-order valence-electron chi connectivity index (χ0n) is 20.2. The molecule has 0 aliphatic rings. The molecule has 0 spiro atoms. The standard InChI is InChI=1S/C12H25.C4H11NO3.C3H8O3.ClH.Na.H2O4S/c1-3-5-7-9-11-12-10-8-6-4-2;5-4(1-6,2-7)3-8;4-1-3(6)2-5;;;1-5(2,3)4/h1,3-12H2,2H3;6-8H,1-3,5H2;3-6H,1-2H2;1H;;(H2,1,2,3,4)/q-1;;;;+1;. The third-order valence-corrected chi connectivity index (χ3v) is 3.72. The summed E-state index contributed by atoms with van der Waals surface area (Å²) in [7, 11) is -4.67. The minimum Gasteiger partial charge on any atom is -0.394 e.